The van der Waals surface area contributed by atoms with Gasteiger partial charge in [-0.25, -0.2) is 0 Å². The number of phenols is 1. The Hall–Kier alpha value is -1.81. The van der Waals surface area contributed by atoms with E-state index in [2.05, 4.69) is 11.9 Å². The Labute approximate surface area is 101 Å². The number of carbonyl (C=O) groups excluding carboxylic acids is 1. The van der Waals surface area contributed by atoms with E-state index < -0.39 is 0 Å². The molecule has 0 radical (unpaired) electrons. The highest BCUT2D eigenvalue weighted by atomic mass is 16.3. The Morgan fingerprint density at radius 1 is 1.35 bits per heavy atom. The second-order valence-corrected chi connectivity index (χ2v) is 4.07. The van der Waals surface area contributed by atoms with Crippen LogP contribution in [0.25, 0.3) is 5.57 Å². The summed E-state index contributed by atoms with van der Waals surface area (Å²) in [7, 11) is 0. The summed E-state index contributed by atoms with van der Waals surface area (Å²) in [6, 6.07) is 6.62. The maximum absolute atomic E-state index is 12.1. The highest BCUT2D eigenvalue weighted by Gasteiger charge is 2.19. The molecule has 0 saturated carbocycles. The van der Waals surface area contributed by atoms with Gasteiger partial charge in [0.15, 0.2) is 0 Å². The highest BCUT2D eigenvalue weighted by molar-refractivity contribution is 6.18. The topological polar surface area (TPSA) is 52.6 Å². The first-order valence-corrected chi connectivity index (χ1v) is 5.67. The predicted octanol–water partition coefficient (Wildman–Crippen LogP) is 0.837. The molecule has 1 aromatic rings. The molecule has 2 rings (SSSR count). The lowest BCUT2D eigenvalue weighted by molar-refractivity contribution is -0.125. The molecule has 4 heteroatoms. The third-order valence-electron chi connectivity index (χ3n) is 2.86. The first-order chi connectivity index (χ1) is 8.18. The lowest BCUT2D eigenvalue weighted by atomic mass is 10.1. The standard InChI is InChI=1S/C13H16N2O2/c1-10(11-3-2-4-12(16)9-11)13(17)15-7-5-14-6-8-15/h2-4,9,14,16H,1,5-8H2. The van der Waals surface area contributed by atoms with Crippen molar-refractivity contribution in [2.45, 2.75) is 0 Å². The molecule has 1 fully saturated rings. The first kappa shape index (κ1) is 11.7. The molecule has 4 nitrogen and oxygen atoms in total. The van der Waals surface area contributed by atoms with E-state index in [1.165, 1.54) is 0 Å². The molecule has 1 aromatic carbocycles. The van der Waals surface area contributed by atoms with E-state index in [4.69, 9.17) is 0 Å². The first-order valence-electron chi connectivity index (χ1n) is 5.67. The Morgan fingerprint density at radius 3 is 2.71 bits per heavy atom. The zero-order chi connectivity index (χ0) is 12.3. The van der Waals surface area contributed by atoms with Crippen molar-refractivity contribution in [1.29, 1.82) is 0 Å². The molecule has 1 aliphatic rings. The molecule has 0 atom stereocenters. The molecule has 1 aliphatic heterocycles. The average molecular weight is 232 g/mol. The van der Waals surface area contributed by atoms with Gasteiger partial charge in [0.05, 0.1) is 0 Å². The molecule has 1 heterocycles. The summed E-state index contributed by atoms with van der Waals surface area (Å²) in [5, 5.41) is 12.6. The van der Waals surface area contributed by atoms with Crippen LogP contribution in [-0.4, -0.2) is 42.1 Å². The van der Waals surface area contributed by atoms with Gasteiger partial charge in [-0.15, -0.1) is 0 Å². The number of benzene rings is 1. The van der Waals surface area contributed by atoms with Crippen molar-refractivity contribution in [2.24, 2.45) is 0 Å². The number of rotatable bonds is 2. The molecular weight excluding hydrogens is 216 g/mol. The quantitative estimate of drug-likeness (QED) is 0.743. The summed E-state index contributed by atoms with van der Waals surface area (Å²) in [6.07, 6.45) is 0. The van der Waals surface area contributed by atoms with Crippen molar-refractivity contribution in [3.05, 3.63) is 36.4 Å². The fourth-order valence-electron chi connectivity index (χ4n) is 1.88. The predicted molar refractivity (Wildman–Crippen MR) is 66.6 cm³/mol. The van der Waals surface area contributed by atoms with Gasteiger partial charge in [-0.2, -0.15) is 0 Å². The minimum absolute atomic E-state index is 0.0582. The van der Waals surface area contributed by atoms with E-state index in [1.54, 1.807) is 29.2 Å². The fourth-order valence-corrected chi connectivity index (χ4v) is 1.88. The van der Waals surface area contributed by atoms with E-state index in [1.807, 2.05) is 0 Å². The third-order valence-corrected chi connectivity index (χ3v) is 2.86. The van der Waals surface area contributed by atoms with Gasteiger partial charge >= 0.3 is 0 Å². The number of amides is 1. The second-order valence-electron chi connectivity index (χ2n) is 4.07. The van der Waals surface area contributed by atoms with Crippen molar-refractivity contribution in [2.75, 3.05) is 26.2 Å². The molecule has 0 unspecified atom stereocenters. The molecule has 0 spiro atoms. The number of hydrogen-bond donors (Lipinski definition) is 2. The Balaban J connectivity index is 2.11. The Kier molecular flexibility index (Phi) is 3.44. The Bertz CT molecular complexity index is 437. The van der Waals surface area contributed by atoms with Crippen LogP contribution in [0.1, 0.15) is 5.56 Å². The maximum Gasteiger partial charge on any atom is 0.253 e. The van der Waals surface area contributed by atoms with Crippen LogP contribution in [0.2, 0.25) is 0 Å². The molecule has 17 heavy (non-hydrogen) atoms. The van der Waals surface area contributed by atoms with Crippen LogP contribution in [0.4, 0.5) is 0 Å². The molecule has 1 amide bonds. The van der Waals surface area contributed by atoms with Crippen LogP contribution in [0.15, 0.2) is 30.8 Å². The molecular formula is C13H16N2O2. The third kappa shape index (κ3) is 2.65. The van der Waals surface area contributed by atoms with E-state index >= 15 is 0 Å². The summed E-state index contributed by atoms with van der Waals surface area (Å²) in [5.74, 6) is 0.0915. The van der Waals surface area contributed by atoms with E-state index in [9.17, 15) is 9.90 Å². The number of phenolic OH excluding ortho intramolecular Hbond substituents is 1. The molecule has 0 bridgehead atoms. The second kappa shape index (κ2) is 5.01. The number of piperazine rings is 1. The maximum atomic E-state index is 12.1. The van der Waals surface area contributed by atoms with Crippen molar-refractivity contribution < 1.29 is 9.90 Å². The molecule has 2 N–H and O–H groups in total. The van der Waals surface area contributed by atoms with E-state index in [0.29, 0.717) is 24.2 Å². The van der Waals surface area contributed by atoms with Crippen LogP contribution in [0.3, 0.4) is 0 Å². The van der Waals surface area contributed by atoms with Crippen LogP contribution < -0.4 is 5.32 Å². The van der Waals surface area contributed by atoms with Gasteiger partial charge in [0.2, 0.25) is 0 Å². The zero-order valence-corrected chi connectivity index (χ0v) is 9.65. The fraction of sp³-hybridized carbons (Fsp3) is 0.308. The summed E-state index contributed by atoms with van der Waals surface area (Å²) in [6.45, 7) is 6.87. The minimum atomic E-state index is -0.0582. The van der Waals surface area contributed by atoms with Crippen molar-refractivity contribution in [3.63, 3.8) is 0 Å². The summed E-state index contributed by atoms with van der Waals surface area (Å²) < 4.78 is 0. The Morgan fingerprint density at radius 2 is 2.06 bits per heavy atom. The average Bonchev–Trinajstić information content (AvgIpc) is 2.38. The van der Waals surface area contributed by atoms with Gasteiger partial charge in [-0.1, -0.05) is 18.7 Å². The van der Waals surface area contributed by atoms with Crippen LogP contribution in [0, 0.1) is 0 Å². The number of nitrogens with zero attached hydrogens (tertiary/aromatic N) is 1. The monoisotopic (exact) mass is 232 g/mol. The SMILES string of the molecule is C=C(C(=O)N1CCNCC1)c1cccc(O)c1. The van der Waals surface area contributed by atoms with Crippen molar-refractivity contribution in [3.8, 4) is 5.75 Å². The number of nitrogens with one attached hydrogen (secondary N) is 1. The van der Waals surface area contributed by atoms with Gasteiger partial charge in [-0.3, -0.25) is 4.79 Å². The van der Waals surface area contributed by atoms with Crippen LogP contribution >= 0.6 is 0 Å². The lowest BCUT2D eigenvalue weighted by Crippen LogP contribution is -2.46. The van der Waals surface area contributed by atoms with Gasteiger partial charge in [0.1, 0.15) is 5.75 Å². The van der Waals surface area contributed by atoms with E-state index in [-0.39, 0.29) is 11.7 Å². The number of carbonyl (C=O) groups is 1. The molecule has 90 valence electrons. The van der Waals surface area contributed by atoms with Crippen LogP contribution in [0.5, 0.6) is 5.75 Å². The highest BCUT2D eigenvalue weighted by Crippen LogP contribution is 2.19. The van der Waals surface area contributed by atoms with Crippen molar-refractivity contribution in [1.82, 2.24) is 10.2 Å². The van der Waals surface area contributed by atoms with Gasteiger partial charge in [0.25, 0.3) is 5.91 Å². The molecule has 1 saturated heterocycles. The number of hydrogen-bond acceptors (Lipinski definition) is 3. The van der Waals surface area contributed by atoms with Crippen LogP contribution in [-0.2, 0) is 4.79 Å². The number of aromatic hydroxyl groups is 1. The van der Waals surface area contributed by atoms with Crippen molar-refractivity contribution >= 4 is 11.5 Å². The summed E-state index contributed by atoms with van der Waals surface area (Å²) >= 11 is 0. The lowest BCUT2D eigenvalue weighted by Gasteiger charge is -2.28. The largest absolute Gasteiger partial charge is 0.508 e. The zero-order valence-electron chi connectivity index (χ0n) is 9.65. The summed E-state index contributed by atoms with van der Waals surface area (Å²) in [5.41, 5.74) is 1.11. The smallest absolute Gasteiger partial charge is 0.253 e. The minimum Gasteiger partial charge on any atom is -0.508 e. The van der Waals surface area contributed by atoms with E-state index in [0.717, 1.165) is 13.1 Å². The van der Waals surface area contributed by atoms with Gasteiger partial charge in [0, 0.05) is 31.8 Å². The van der Waals surface area contributed by atoms with Gasteiger partial charge in [-0.05, 0) is 17.7 Å². The normalized spacial score (nSPS) is 15.6. The summed E-state index contributed by atoms with van der Waals surface area (Å²) in [4.78, 5) is 13.9. The molecule has 0 aromatic heterocycles. The van der Waals surface area contributed by atoms with Gasteiger partial charge < -0.3 is 15.3 Å². The molecule has 0 aliphatic carbocycles.